The van der Waals surface area contributed by atoms with Gasteiger partial charge in [0.2, 0.25) is 0 Å². The summed E-state index contributed by atoms with van der Waals surface area (Å²) in [6.45, 7) is 2.21. The molecule has 2 aromatic heterocycles. The smallest absolute Gasteiger partial charge is 0.253 e. The molecular formula is C27H28N4O3S. The highest BCUT2D eigenvalue weighted by atomic mass is 32.2. The Morgan fingerprint density at radius 3 is 2.69 bits per heavy atom. The maximum Gasteiger partial charge on any atom is 0.253 e. The first-order valence-corrected chi connectivity index (χ1v) is 12.8. The Hall–Kier alpha value is -3.52. The van der Waals surface area contributed by atoms with Crippen molar-refractivity contribution in [2.75, 3.05) is 20.2 Å². The highest BCUT2D eigenvalue weighted by Gasteiger charge is 2.19. The van der Waals surface area contributed by atoms with Gasteiger partial charge >= 0.3 is 0 Å². The molecule has 8 heteroatoms. The zero-order chi connectivity index (χ0) is 24.0. The van der Waals surface area contributed by atoms with E-state index in [-0.39, 0.29) is 5.91 Å². The molecular weight excluding hydrogens is 460 g/mol. The summed E-state index contributed by atoms with van der Waals surface area (Å²) < 4.78 is 13.1. The maximum absolute atomic E-state index is 12.9. The van der Waals surface area contributed by atoms with E-state index in [0.717, 1.165) is 65.1 Å². The molecule has 0 saturated carbocycles. The number of hydrogen-bond acceptors (Lipinski definition) is 6. The largest absolute Gasteiger partial charge is 0.497 e. The Bertz CT molecular complexity index is 1280. The number of methoxy groups -OCH3 is 1. The van der Waals surface area contributed by atoms with Crippen LogP contribution in [0.1, 0.15) is 40.9 Å². The zero-order valence-electron chi connectivity index (χ0n) is 19.7. The number of benzene rings is 2. The van der Waals surface area contributed by atoms with E-state index in [1.54, 1.807) is 25.1 Å². The SMILES string of the molecule is COc1cccc(-c2nnc(SCc3cccc(C(=O)N4CCCCC4)c3)n2Cc2ccco2)c1. The number of rotatable bonds is 8. The summed E-state index contributed by atoms with van der Waals surface area (Å²) in [6, 6.07) is 19.5. The van der Waals surface area contributed by atoms with Crippen molar-refractivity contribution in [1.82, 2.24) is 19.7 Å². The molecule has 0 bridgehead atoms. The van der Waals surface area contributed by atoms with Crippen molar-refractivity contribution >= 4 is 17.7 Å². The number of nitrogens with zero attached hydrogens (tertiary/aromatic N) is 4. The summed E-state index contributed by atoms with van der Waals surface area (Å²) in [6.07, 6.45) is 5.05. The van der Waals surface area contributed by atoms with Crippen LogP contribution in [0.4, 0.5) is 0 Å². The molecule has 180 valence electrons. The summed E-state index contributed by atoms with van der Waals surface area (Å²) >= 11 is 1.59. The summed E-state index contributed by atoms with van der Waals surface area (Å²) in [5.74, 6) is 3.13. The van der Waals surface area contributed by atoms with Gasteiger partial charge in [-0.05, 0) is 61.2 Å². The lowest BCUT2D eigenvalue weighted by Crippen LogP contribution is -2.35. The number of ether oxygens (including phenoxy) is 1. The summed E-state index contributed by atoms with van der Waals surface area (Å²) in [5, 5.41) is 9.77. The van der Waals surface area contributed by atoms with Crippen LogP contribution in [0, 0.1) is 0 Å². The second-order valence-corrected chi connectivity index (χ2v) is 9.49. The number of likely N-dealkylation sites (tertiary alicyclic amines) is 1. The van der Waals surface area contributed by atoms with Crippen LogP contribution in [0.15, 0.2) is 76.5 Å². The highest BCUT2D eigenvalue weighted by molar-refractivity contribution is 7.98. The van der Waals surface area contributed by atoms with Gasteiger partial charge in [-0.2, -0.15) is 0 Å². The van der Waals surface area contributed by atoms with Gasteiger partial charge < -0.3 is 14.1 Å². The Morgan fingerprint density at radius 2 is 1.89 bits per heavy atom. The van der Waals surface area contributed by atoms with Crippen LogP contribution in [-0.4, -0.2) is 45.8 Å². The van der Waals surface area contributed by atoms with E-state index in [0.29, 0.717) is 12.3 Å². The van der Waals surface area contributed by atoms with Crippen LogP contribution >= 0.6 is 11.8 Å². The summed E-state index contributed by atoms with van der Waals surface area (Å²) in [7, 11) is 1.65. The van der Waals surface area contributed by atoms with Crippen LogP contribution in [0.25, 0.3) is 11.4 Å². The molecule has 0 atom stereocenters. The van der Waals surface area contributed by atoms with Gasteiger partial charge in [0.1, 0.15) is 11.5 Å². The van der Waals surface area contributed by atoms with Crippen molar-refractivity contribution in [2.24, 2.45) is 0 Å². The van der Waals surface area contributed by atoms with Crippen molar-refractivity contribution < 1.29 is 13.9 Å². The second-order valence-electron chi connectivity index (χ2n) is 8.55. The summed E-state index contributed by atoms with van der Waals surface area (Å²) in [4.78, 5) is 14.9. The number of carbonyl (C=O) groups excluding carboxylic acids is 1. The Kier molecular flexibility index (Phi) is 7.18. The number of thioether (sulfide) groups is 1. The van der Waals surface area contributed by atoms with Crippen molar-refractivity contribution in [3.63, 3.8) is 0 Å². The fraction of sp³-hybridized carbons (Fsp3) is 0.296. The number of amides is 1. The van der Waals surface area contributed by atoms with Gasteiger partial charge in [-0.1, -0.05) is 36.0 Å². The highest BCUT2D eigenvalue weighted by Crippen LogP contribution is 2.29. The normalized spacial score (nSPS) is 13.7. The molecule has 3 heterocycles. The molecule has 35 heavy (non-hydrogen) atoms. The molecule has 1 fully saturated rings. The third kappa shape index (κ3) is 5.43. The van der Waals surface area contributed by atoms with E-state index < -0.39 is 0 Å². The van der Waals surface area contributed by atoms with Crippen molar-refractivity contribution in [3.05, 3.63) is 83.8 Å². The van der Waals surface area contributed by atoms with Gasteiger partial charge in [-0.3, -0.25) is 9.36 Å². The molecule has 4 aromatic rings. The molecule has 0 N–H and O–H groups in total. The molecule has 2 aromatic carbocycles. The molecule has 1 saturated heterocycles. The van der Waals surface area contributed by atoms with Gasteiger partial charge in [0.05, 0.1) is 19.9 Å². The number of furan rings is 1. The molecule has 7 nitrogen and oxygen atoms in total. The topological polar surface area (TPSA) is 73.4 Å². The van der Waals surface area contributed by atoms with Crippen LogP contribution in [0.5, 0.6) is 5.75 Å². The lowest BCUT2D eigenvalue weighted by molar-refractivity contribution is 0.0724. The molecule has 0 spiro atoms. The first-order valence-electron chi connectivity index (χ1n) is 11.8. The predicted molar refractivity (Wildman–Crippen MR) is 136 cm³/mol. The first-order chi connectivity index (χ1) is 17.2. The third-order valence-electron chi connectivity index (χ3n) is 6.12. The zero-order valence-corrected chi connectivity index (χ0v) is 20.5. The minimum Gasteiger partial charge on any atom is -0.497 e. The first kappa shape index (κ1) is 23.2. The second kappa shape index (κ2) is 10.8. The van der Waals surface area contributed by atoms with Crippen molar-refractivity contribution in [2.45, 2.75) is 36.7 Å². The average Bonchev–Trinajstić information content (AvgIpc) is 3.58. The van der Waals surface area contributed by atoms with Gasteiger partial charge in [-0.25, -0.2) is 0 Å². The Labute approximate surface area is 209 Å². The van der Waals surface area contributed by atoms with Crippen molar-refractivity contribution in [3.8, 4) is 17.1 Å². The minimum atomic E-state index is 0.123. The van der Waals surface area contributed by atoms with Gasteiger partial charge in [0.25, 0.3) is 5.91 Å². The van der Waals surface area contributed by atoms with E-state index in [4.69, 9.17) is 9.15 Å². The van der Waals surface area contributed by atoms with Gasteiger partial charge in [0.15, 0.2) is 11.0 Å². The minimum absolute atomic E-state index is 0.123. The number of hydrogen-bond donors (Lipinski definition) is 0. The van der Waals surface area contributed by atoms with Gasteiger partial charge in [0, 0.05) is 30.0 Å². The standard InChI is InChI=1S/C27H28N4O3S/c1-33-23-11-6-9-21(17-23)25-28-29-27(31(25)18-24-12-7-15-34-24)35-19-20-8-5-10-22(16-20)26(32)30-13-3-2-4-14-30/h5-12,15-17H,2-4,13-14,18-19H2,1H3. The molecule has 0 radical (unpaired) electrons. The molecule has 0 aliphatic carbocycles. The monoisotopic (exact) mass is 488 g/mol. The molecule has 1 aliphatic heterocycles. The van der Waals surface area contributed by atoms with Crippen LogP contribution in [0.2, 0.25) is 0 Å². The Balaban J connectivity index is 1.37. The van der Waals surface area contributed by atoms with Crippen LogP contribution in [0.3, 0.4) is 0 Å². The quantitative estimate of drug-likeness (QED) is 0.304. The van der Waals surface area contributed by atoms with Gasteiger partial charge in [-0.15, -0.1) is 10.2 Å². The van der Waals surface area contributed by atoms with E-state index in [2.05, 4.69) is 20.8 Å². The van der Waals surface area contributed by atoms with Crippen molar-refractivity contribution in [1.29, 1.82) is 0 Å². The number of piperidine rings is 1. The lowest BCUT2D eigenvalue weighted by Gasteiger charge is -2.26. The molecule has 1 amide bonds. The lowest BCUT2D eigenvalue weighted by atomic mass is 10.1. The molecule has 5 rings (SSSR count). The van der Waals surface area contributed by atoms with Crippen LogP contribution < -0.4 is 4.74 Å². The van der Waals surface area contributed by atoms with E-state index in [1.807, 2.05) is 59.5 Å². The summed E-state index contributed by atoms with van der Waals surface area (Å²) in [5.41, 5.74) is 2.75. The third-order valence-corrected chi connectivity index (χ3v) is 7.16. The van der Waals surface area contributed by atoms with E-state index in [9.17, 15) is 4.79 Å². The van der Waals surface area contributed by atoms with Crippen LogP contribution in [-0.2, 0) is 12.3 Å². The van der Waals surface area contributed by atoms with E-state index in [1.165, 1.54) is 6.42 Å². The number of aromatic nitrogens is 3. The fourth-order valence-corrected chi connectivity index (χ4v) is 5.17. The average molecular weight is 489 g/mol. The fourth-order valence-electron chi connectivity index (χ4n) is 4.29. The maximum atomic E-state index is 12.9. The predicted octanol–water partition coefficient (Wildman–Crippen LogP) is 5.51. The number of carbonyl (C=O) groups is 1. The molecule has 0 unspecified atom stereocenters. The Morgan fingerprint density at radius 1 is 1.03 bits per heavy atom. The van der Waals surface area contributed by atoms with E-state index >= 15 is 0 Å². The molecule has 1 aliphatic rings.